The van der Waals surface area contributed by atoms with Gasteiger partial charge >= 0.3 is 0 Å². The smallest absolute Gasteiger partial charge is 0.0907 e. The van der Waals surface area contributed by atoms with Gasteiger partial charge in [-0.25, -0.2) is 4.98 Å². The van der Waals surface area contributed by atoms with Crippen LogP contribution in [0.4, 0.5) is 5.69 Å². The van der Waals surface area contributed by atoms with Crippen molar-refractivity contribution < 1.29 is 0 Å². The number of anilines is 1. The first-order valence-electron chi connectivity index (χ1n) is 6.38. The minimum absolute atomic E-state index is 0.857. The molecule has 3 heteroatoms. The van der Waals surface area contributed by atoms with Gasteiger partial charge in [-0.1, -0.05) is 24.3 Å². The van der Waals surface area contributed by atoms with E-state index in [-0.39, 0.29) is 0 Å². The van der Waals surface area contributed by atoms with Crippen LogP contribution in [0.1, 0.15) is 16.1 Å². The molecule has 3 rings (SSSR count). The number of thiazole rings is 1. The zero-order chi connectivity index (χ0) is 13.2. The quantitative estimate of drug-likeness (QED) is 0.755. The molecule has 19 heavy (non-hydrogen) atoms. The molecule has 0 saturated carbocycles. The Bertz CT molecular complexity index is 716. The molecule has 0 unspecified atom stereocenters. The first-order valence-corrected chi connectivity index (χ1v) is 7.19. The summed E-state index contributed by atoms with van der Waals surface area (Å²) in [4.78, 5) is 4.48. The molecule has 0 aliphatic rings. The van der Waals surface area contributed by atoms with Gasteiger partial charge < -0.3 is 5.32 Å². The lowest BCUT2D eigenvalue weighted by Crippen LogP contribution is -2.00. The fraction of sp³-hybridized carbons (Fsp3) is 0.188. The third-order valence-corrected chi connectivity index (χ3v) is 4.17. The van der Waals surface area contributed by atoms with Crippen molar-refractivity contribution in [1.82, 2.24) is 4.98 Å². The second-order valence-corrected chi connectivity index (χ2v) is 5.93. The molecule has 0 radical (unpaired) electrons. The summed E-state index contributed by atoms with van der Waals surface area (Å²) in [6, 6.07) is 14.8. The maximum absolute atomic E-state index is 4.48. The Morgan fingerprint density at radius 1 is 1.11 bits per heavy atom. The lowest BCUT2D eigenvalue weighted by molar-refractivity contribution is 1.12. The molecule has 96 valence electrons. The van der Waals surface area contributed by atoms with Crippen LogP contribution >= 0.6 is 11.3 Å². The number of hydrogen-bond acceptors (Lipinski definition) is 3. The van der Waals surface area contributed by atoms with E-state index in [4.69, 9.17) is 0 Å². The SMILES string of the molecule is Cc1nc2ccc(NCc3ccccc3C)cc2s1. The summed E-state index contributed by atoms with van der Waals surface area (Å²) in [6.45, 7) is 5.05. The number of benzene rings is 2. The lowest BCUT2D eigenvalue weighted by atomic mass is 10.1. The van der Waals surface area contributed by atoms with Crippen molar-refractivity contribution in [3.8, 4) is 0 Å². The van der Waals surface area contributed by atoms with Gasteiger partial charge in [0, 0.05) is 12.2 Å². The van der Waals surface area contributed by atoms with Gasteiger partial charge in [-0.15, -0.1) is 11.3 Å². The number of aromatic nitrogens is 1. The van der Waals surface area contributed by atoms with Crippen molar-refractivity contribution in [2.45, 2.75) is 20.4 Å². The Balaban J connectivity index is 1.80. The zero-order valence-corrected chi connectivity index (χ0v) is 11.9. The molecule has 0 amide bonds. The standard InChI is InChI=1S/C16H16N2S/c1-11-5-3-4-6-13(11)10-17-14-7-8-15-16(9-14)19-12(2)18-15/h3-9,17H,10H2,1-2H3. The third-order valence-electron chi connectivity index (χ3n) is 3.24. The van der Waals surface area contributed by atoms with E-state index in [1.165, 1.54) is 15.8 Å². The molecule has 2 aromatic carbocycles. The summed E-state index contributed by atoms with van der Waals surface area (Å²) >= 11 is 1.74. The first kappa shape index (κ1) is 12.2. The van der Waals surface area contributed by atoms with E-state index in [2.05, 4.69) is 59.7 Å². The Labute approximate surface area is 117 Å². The highest BCUT2D eigenvalue weighted by molar-refractivity contribution is 7.18. The highest BCUT2D eigenvalue weighted by Gasteiger charge is 2.02. The predicted octanol–water partition coefficient (Wildman–Crippen LogP) is 4.53. The van der Waals surface area contributed by atoms with E-state index in [0.29, 0.717) is 0 Å². The van der Waals surface area contributed by atoms with E-state index in [1.807, 2.05) is 6.92 Å². The molecule has 0 aliphatic carbocycles. The number of hydrogen-bond donors (Lipinski definition) is 1. The van der Waals surface area contributed by atoms with Crippen molar-refractivity contribution in [3.05, 3.63) is 58.6 Å². The molecule has 1 N–H and O–H groups in total. The molecule has 0 aliphatic heterocycles. The molecule has 0 saturated heterocycles. The average molecular weight is 268 g/mol. The van der Waals surface area contributed by atoms with Gasteiger partial charge in [0.05, 0.1) is 15.2 Å². The topological polar surface area (TPSA) is 24.9 Å². The number of nitrogens with one attached hydrogen (secondary N) is 1. The largest absolute Gasteiger partial charge is 0.381 e. The maximum Gasteiger partial charge on any atom is 0.0907 e. The summed E-state index contributed by atoms with van der Waals surface area (Å²) in [5, 5.41) is 4.60. The first-order chi connectivity index (χ1) is 9.22. The normalized spacial score (nSPS) is 10.8. The second-order valence-electron chi connectivity index (χ2n) is 4.70. The van der Waals surface area contributed by atoms with Crippen LogP contribution in [0.15, 0.2) is 42.5 Å². The molecule has 1 heterocycles. The molecule has 1 aromatic heterocycles. The van der Waals surface area contributed by atoms with Gasteiger partial charge in [-0.2, -0.15) is 0 Å². The predicted molar refractivity (Wildman–Crippen MR) is 82.9 cm³/mol. The minimum atomic E-state index is 0.857. The monoisotopic (exact) mass is 268 g/mol. The van der Waals surface area contributed by atoms with Crippen molar-refractivity contribution in [2.75, 3.05) is 5.32 Å². The van der Waals surface area contributed by atoms with Gasteiger partial charge in [0.15, 0.2) is 0 Å². The Morgan fingerprint density at radius 3 is 2.79 bits per heavy atom. The van der Waals surface area contributed by atoms with Crippen LogP contribution in [0, 0.1) is 13.8 Å². The van der Waals surface area contributed by atoms with Crippen LogP contribution in [-0.2, 0) is 6.54 Å². The fourth-order valence-electron chi connectivity index (χ4n) is 2.16. The molecular formula is C16H16N2S. The molecular weight excluding hydrogens is 252 g/mol. The van der Waals surface area contributed by atoms with Crippen molar-refractivity contribution in [3.63, 3.8) is 0 Å². The summed E-state index contributed by atoms with van der Waals surface area (Å²) in [5.41, 5.74) is 4.90. The number of fused-ring (bicyclic) bond motifs is 1. The molecule has 0 atom stereocenters. The van der Waals surface area contributed by atoms with Crippen LogP contribution in [0.5, 0.6) is 0 Å². The van der Waals surface area contributed by atoms with E-state index < -0.39 is 0 Å². The Morgan fingerprint density at radius 2 is 1.95 bits per heavy atom. The van der Waals surface area contributed by atoms with Crippen molar-refractivity contribution in [2.24, 2.45) is 0 Å². The molecule has 0 fully saturated rings. The van der Waals surface area contributed by atoms with Crippen molar-refractivity contribution in [1.29, 1.82) is 0 Å². The Kier molecular flexibility index (Phi) is 3.22. The third kappa shape index (κ3) is 2.61. The van der Waals surface area contributed by atoms with Crippen LogP contribution in [0.2, 0.25) is 0 Å². The molecule has 3 aromatic rings. The second kappa shape index (κ2) is 5.02. The summed E-state index contributed by atoms with van der Waals surface area (Å²) < 4.78 is 1.24. The van der Waals surface area contributed by atoms with Gasteiger partial charge in [0.2, 0.25) is 0 Å². The van der Waals surface area contributed by atoms with E-state index in [0.717, 1.165) is 22.8 Å². The van der Waals surface area contributed by atoms with Gasteiger partial charge in [-0.05, 0) is 43.2 Å². The van der Waals surface area contributed by atoms with E-state index >= 15 is 0 Å². The van der Waals surface area contributed by atoms with E-state index in [9.17, 15) is 0 Å². The van der Waals surface area contributed by atoms with Crippen LogP contribution in [0.25, 0.3) is 10.2 Å². The van der Waals surface area contributed by atoms with Crippen LogP contribution in [-0.4, -0.2) is 4.98 Å². The zero-order valence-electron chi connectivity index (χ0n) is 11.1. The highest BCUT2D eigenvalue weighted by Crippen LogP contribution is 2.25. The van der Waals surface area contributed by atoms with Gasteiger partial charge in [0.1, 0.15) is 0 Å². The van der Waals surface area contributed by atoms with Gasteiger partial charge in [-0.3, -0.25) is 0 Å². The summed E-state index contributed by atoms with van der Waals surface area (Å²) in [7, 11) is 0. The fourth-order valence-corrected chi connectivity index (χ4v) is 3.02. The Hall–Kier alpha value is -1.87. The number of aryl methyl sites for hydroxylation is 2. The number of nitrogens with zero attached hydrogens (tertiary/aromatic N) is 1. The number of rotatable bonds is 3. The minimum Gasteiger partial charge on any atom is -0.381 e. The van der Waals surface area contributed by atoms with Crippen molar-refractivity contribution >= 4 is 27.2 Å². The molecule has 2 nitrogen and oxygen atoms in total. The van der Waals surface area contributed by atoms with Crippen LogP contribution in [0.3, 0.4) is 0 Å². The molecule has 0 bridgehead atoms. The van der Waals surface area contributed by atoms with Gasteiger partial charge in [0.25, 0.3) is 0 Å². The van der Waals surface area contributed by atoms with Crippen LogP contribution < -0.4 is 5.32 Å². The molecule has 0 spiro atoms. The maximum atomic E-state index is 4.48. The lowest BCUT2D eigenvalue weighted by Gasteiger charge is -2.08. The summed E-state index contributed by atoms with van der Waals surface area (Å²) in [6.07, 6.45) is 0. The highest BCUT2D eigenvalue weighted by atomic mass is 32.1. The summed E-state index contributed by atoms with van der Waals surface area (Å²) in [5.74, 6) is 0. The average Bonchev–Trinajstić information content (AvgIpc) is 2.77. The van der Waals surface area contributed by atoms with E-state index in [1.54, 1.807) is 11.3 Å².